The van der Waals surface area contributed by atoms with Gasteiger partial charge in [0, 0.05) is 12.8 Å². The molecule has 1 N–H and O–H groups in total. The van der Waals surface area contributed by atoms with Crippen molar-refractivity contribution in [1.82, 2.24) is 0 Å². The minimum Gasteiger partial charge on any atom is -0.462 e. The van der Waals surface area contributed by atoms with Gasteiger partial charge in [0.2, 0.25) is 0 Å². The molecule has 0 aromatic carbocycles. The van der Waals surface area contributed by atoms with Crippen LogP contribution >= 0.6 is 0 Å². The monoisotopic (exact) mass is 661 g/mol. The summed E-state index contributed by atoms with van der Waals surface area (Å²) in [6.45, 7) is 4.11. The predicted molar refractivity (Wildman–Crippen MR) is 201 cm³/mol. The highest BCUT2D eigenvalue weighted by Gasteiger charge is 2.16. The minimum absolute atomic E-state index is 0.0687. The summed E-state index contributed by atoms with van der Waals surface area (Å²) in [5, 5.41) is 9.54. The first-order chi connectivity index (χ1) is 23.1. The third kappa shape index (κ3) is 36.8. The van der Waals surface area contributed by atoms with Gasteiger partial charge in [-0.25, -0.2) is 0 Å². The van der Waals surface area contributed by atoms with Crippen LogP contribution in [0.25, 0.3) is 0 Å². The van der Waals surface area contributed by atoms with Crippen molar-refractivity contribution in [2.24, 2.45) is 0 Å². The fraction of sp³-hybridized carbons (Fsp3) is 0.810. The molecule has 0 rings (SSSR count). The second-order valence-electron chi connectivity index (χ2n) is 13.4. The van der Waals surface area contributed by atoms with Crippen molar-refractivity contribution in [2.45, 2.75) is 206 Å². The average molecular weight is 661 g/mol. The molecule has 0 aliphatic rings. The Morgan fingerprint density at radius 3 is 1.28 bits per heavy atom. The topological polar surface area (TPSA) is 72.8 Å². The third-order valence-corrected chi connectivity index (χ3v) is 8.69. The van der Waals surface area contributed by atoms with Gasteiger partial charge in [0.15, 0.2) is 6.10 Å². The molecule has 0 aromatic rings. The van der Waals surface area contributed by atoms with Gasteiger partial charge in [-0.15, -0.1) is 0 Å². The van der Waals surface area contributed by atoms with Crippen LogP contribution in [-0.4, -0.2) is 36.4 Å². The molecule has 0 bridgehead atoms. The second-order valence-corrected chi connectivity index (χ2v) is 13.4. The van der Waals surface area contributed by atoms with Gasteiger partial charge in [-0.05, 0) is 51.4 Å². The molecule has 0 aromatic heterocycles. The molecule has 0 fully saturated rings. The Morgan fingerprint density at radius 1 is 0.489 bits per heavy atom. The molecular weight excluding hydrogens is 584 g/mol. The van der Waals surface area contributed by atoms with E-state index in [0.29, 0.717) is 12.8 Å². The SMILES string of the molecule is CCCCCCC/C=C\C/C=C\C/C=C\CCCCCCCCC(=O)OC(CO)COC(=O)CCCCCCCCCCCCCC. The highest BCUT2D eigenvalue weighted by Crippen LogP contribution is 2.14. The van der Waals surface area contributed by atoms with Crippen LogP contribution in [-0.2, 0) is 19.1 Å². The summed E-state index contributed by atoms with van der Waals surface area (Å²) >= 11 is 0. The molecule has 0 saturated carbocycles. The molecule has 1 unspecified atom stereocenters. The highest BCUT2D eigenvalue weighted by molar-refractivity contribution is 5.70. The van der Waals surface area contributed by atoms with E-state index in [-0.39, 0.29) is 25.2 Å². The van der Waals surface area contributed by atoms with Crippen LogP contribution in [0.4, 0.5) is 0 Å². The van der Waals surface area contributed by atoms with Crippen molar-refractivity contribution in [3.05, 3.63) is 36.5 Å². The lowest BCUT2D eigenvalue weighted by Gasteiger charge is -2.15. The summed E-state index contributed by atoms with van der Waals surface area (Å²) in [4.78, 5) is 24.2. The fourth-order valence-electron chi connectivity index (χ4n) is 5.62. The predicted octanol–water partition coefficient (Wildman–Crippen LogP) is 12.5. The zero-order chi connectivity index (χ0) is 34.3. The lowest BCUT2D eigenvalue weighted by atomic mass is 10.0. The van der Waals surface area contributed by atoms with Crippen molar-refractivity contribution in [2.75, 3.05) is 13.2 Å². The molecule has 1 atom stereocenters. The molecule has 0 heterocycles. The summed E-state index contributed by atoms with van der Waals surface area (Å²) in [6.07, 6.45) is 46.3. The van der Waals surface area contributed by atoms with E-state index in [1.807, 2.05) is 0 Å². The molecule has 0 amide bonds. The molecule has 0 aliphatic carbocycles. The smallest absolute Gasteiger partial charge is 0.306 e. The van der Waals surface area contributed by atoms with Crippen LogP contribution in [0, 0.1) is 0 Å². The van der Waals surface area contributed by atoms with Crippen LogP contribution in [0.15, 0.2) is 36.5 Å². The minimum atomic E-state index is -0.774. The standard InChI is InChI=1S/C42H76O5/c1-3-5-7-9-11-13-15-17-18-19-20-21-22-23-24-25-27-29-31-33-35-37-42(45)47-40(38-43)39-46-41(44)36-34-32-30-28-26-16-14-12-10-8-6-4-2/h15,17,19-20,22-23,40,43H,3-14,16,18,21,24-39H2,1-2H3/b17-15-,20-19-,23-22-. The second kappa shape index (κ2) is 38.6. The molecular formula is C42H76O5. The molecule has 0 radical (unpaired) electrons. The number of hydrogen-bond acceptors (Lipinski definition) is 5. The van der Waals surface area contributed by atoms with Gasteiger partial charge in [0.1, 0.15) is 6.61 Å². The van der Waals surface area contributed by atoms with E-state index in [4.69, 9.17) is 9.47 Å². The Kier molecular flexibility index (Phi) is 37.0. The number of ether oxygens (including phenoxy) is 2. The number of rotatable bonds is 36. The maximum absolute atomic E-state index is 12.2. The van der Waals surface area contributed by atoms with Crippen LogP contribution < -0.4 is 0 Å². The first-order valence-electron chi connectivity index (χ1n) is 20.0. The number of unbranched alkanes of at least 4 members (excludes halogenated alkanes) is 22. The van der Waals surface area contributed by atoms with Crippen molar-refractivity contribution in [1.29, 1.82) is 0 Å². The van der Waals surface area contributed by atoms with Crippen molar-refractivity contribution < 1.29 is 24.2 Å². The summed E-state index contributed by atoms with van der Waals surface area (Å²) in [5.74, 6) is -0.602. The van der Waals surface area contributed by atoms with Gasteiger partial charge in [0.05, 0.1) is 6.61 Å². The van der Waals surface area contributed by atoms with E-state index < -0.39 is 6.10 Å². The Morgan fingerprint density at radius 2 is 0.851 bits per heavy atom. The molecule has 47 heavy (non-hydrogen) atoms. The van der Waals surface area contributed by atoms with Crippen LogP contribution in [0.2, 0.25) is 0 Å². The summed E-state index contributed by atoms with van der Waals surface area (Å²) in [7, 11) is 0. The summed E-state index contributed by atoms with van der Waals surface area (Å²) in [5.41, 5.74) is 0. The fourth-order valence-corrected chi connectivity index (χ4v) is 5.62. The Bertz CT molecular complexity index is 756. The van der Waals surface area contributed by atoms with Crippen molar-refractivity contribution in [3.63, 3.8) is 0 Å². The molecule has 0 spiro atoms. The number of esters is 2. The summed E-state index contributed by atoms with van der Waals surface area (Å²) < 4.78 is 10.6. The van der Waals surface area contributed by atoms with E-state index >= 15 is 0 Å². The van der Waals surface area contributed by atoms with Crippen LogP contribution in [0.3, 0.4) is 0 Å². The molecule has 274 valence electrons. The average Bonchev–Trinajstić information content (AvgIpc) is 3.07. The first kappa shape index (κ1) is 45.1. The number of allylic oxidation sites excluding steroid dienone is 6. The van der Waals surface area contributed by atoms with Gasteiger partial charge in [-0.1, -0.05) is 172 Å². The zero-order valence-electron chi connectivity index (χ0n) is 31.0. The van der Waals surface area contributed by atoms with Crippen LogP contribution in [0.1, 0.15) is 200 Å². The first-order valence-corrected chi connectivity index (χ1v) is 20.0. The maximum Gasteiger partial charge on any atom is 0.306 e. The quantitative estimate of drug-likeness (QED) is 0.0411. The molecule has 5 nitrogen and oxygen atoms in total. The van der Waals surface area contributed by atoms with E-state index in [0.717, 1.165) is 57.8 Å². The largest absolute Gasteiger partial charge is 0.462 e. The van der Waals surface area contributed by atoms with E-state index in [9.17, 15) is 14.7 Å². The number of carbonyl (C=O) groups is 2. The number of aliphatic hydroxyl groups is 1. The molecule has 5 heteroatoms. The zero-order valence-corrected chi connectivity index (χ0v) is 31.0. The lowest BCUT2D eigenvalue weighted by Crippen LogP contribution is -2.28. The Hall–Kier alpha value is -1.88. The summed E-state index contributed by atoms with van der Waals surface area (Å²) in [6, 6.07) is 0. The Labute approximate surface area is 291 Å². The maximum atomic E-state index is 12.2. The number of hydrogen-bond donors (Lipinski definition) is 1. The van der Waals surface area contributed by atoms with E-state index in [1.165, 1.54) is 116 Å². The van der Waals surface area contributed by atoms with Crippen LogP contribution in [0.5, 0.6) is 0 Å². The van der Waals surface area contributed by atoms with Gasteiger partial charge in [-0.3, -0.25) is 9.59 Å². The van der Waals surface area contributed by atoms with Gasteiger partial charge in [0.25, 0.3) is 0 Å². The van der Waals surface area contributed by atoms with E-state index in [1.54, 1.807) is 0 Å². The van der Waals surface area contributed by atoms with E-state index in [2.05, 4.69) is 50.3 Å². The van der Waals surface area contributed by atoms with Gasteiger partial charge in [-0.2, -0.15) is 0 Å². The number of carbonyl (C=O) groups excluding carboxylic acids is 2. The molecule has 0 saturated heterocycles. The normalized spacial score (nSPS) is 12.5. The van der Waals surface area contributed by atoms with Crippen molar-refractivity contribution >= 4 is 11.9 Å². The van der Waals surface area contributed by atoms with Crippen molar-refractivity contribution in [3.8, 4) is 0 Å². The Balaban J connectivity index is 3.58. The van der Waals surface area contributed by atoms with Gasteiger partial charge < -0.3 is 14.6 Å². The third-order valence-electron chi connectivity index (χ3n) is 8.69. The molecule has 0 aliphatic heterocycles. The highest BCUT2D eigenvalue weighted by atomic mass is 16.6. The number of aliphatic hydroxyl groups excluding tert-OH is 1. The lowest BCUT2D eigenvalue weighted by molar-refractivity contribution is -0.161. The van der Waals surface area contributed by atoms with Gasteiger partial charge >= 0.3 is 11.9 Å².